The largest absolute Gasteiger partial charge is 0.486 e. The van der Waals surface area contributed by atoms with Crippen LogP contribution in [0.3, 0.4) is 0 Å². The quantitative estimate of drug-likeness (QED) is 0.922. The van der Waals surface area contributed by atoms with Crippen molar-refractivity contribution < 1.29 is 9.47 Å². The molecule has 0 saturated heterocycles. The van der Waals surface area contributed by atoms with Gasteiger partial charge in [0.2, 0.25) is 0 Å². The zero-order valence-corrected chi connectivity index (χ0v) is 13.1. The van der Waals surface area contributed by atoms with Crippen LogP contribution in [-0.4, -0.2) is 19.8 Å². The molecule has 108 valence electrons. The summed E-state index contributed by atoms with van der Waals surface area (Å²) >= 11 is 1.86. The Hall–Kier alpha value is -1.26. The molecule has 1 atom stereocenters. The molecule has 1 aliphatic rings. The molecule has 0 bridgehead atoms. The first-order valence-corrected chi connectivity index (χ1v) is 8.08. The summed E-state index contributed by atoms with van der Waals surface area (Å²) in [6.45, 7) is 8.97. The van der Waals surface area contributed by atoms with Crippen LogP contribution < -0.4 is 14.8 Å². The molecule has 1 N–H and O–H groups in total. The van der Waals surface area contributed by atoms with Crippen LogP contribution in [0, 0.1) is 6.92 Å². The molecule has 1 aliphatic heterocycles. The van der Waals surface area contributed by atoms with Crippen molar-refractivity contribution in [3.8, 4) is 11.5 Å². The summed E-state index contributed by atoms with van der Waals surface area (Å²) in [6, 6.07) is 4.65. The fraction of sp³-hybridized carbons (Fsp3) is 0.500. The molecule has 1 unspecified atom stereocenters. The molecular weight excluding hydrogens is 270 g/mol. The van der Waals surface area contributed by atoms with E-state index in [0.29, 0.717) is 19.3 Å². The van der Waals surface area contributed by atoms with Crippen molar-refractivity contribution in [2.75, 3.05) is 19.8 Å². The second-order valence-electron chi connectivity index (χ2n) is 5.26. The van der Waals surface area contributed by atoms with Gasteiger partial charge in [0.25, 0.3) is 0 Å². The summed E-state index contributed by atoms with van der Waals surface area (Å²) in [6.07, 6.45) is 1.16. The lowest BCUT2D eigenvalue weighted by Gasteiger charge is -2.18. The van der Waals surface area contributed by atoms with Crippen molar-refractivity contribution in [3.05, 3.63) is 22.6 Å². The van der Waals surface area contributed by atoms with Gasteiger partial charge in [0.05, 0.1) is 0 Å². The average molecular weight is 291 g/mol. The van der Waals surface area contributed by atoms with Crippen LogP contribution in [0.25, 0.3) is 10.1 Å². The number of aryl methyl sites for hydroxylation is 1. The van der Waals surface area contributed by atoms with Crippen molar-refractivity contribution in [1.82, 2.24) is 5.32 Å². The van der Waals surface area contributed by atoms with Crippen LogP contribution in [0.4, 0.5) is 0 Å². The van der Waals surface area contributed by atoms with E-state index in [9.17, 15) is 0 Å². The minimum Gasteiger partial charge on any atom is -0.486 e. The van der Waals surface area contributed by atoms with Gasteiger partial charge < -0.3 is 14.8 Å². The summed E-state index contributed by atoms with van der Waals surface area (Å²) in [5.41, 5.74) is 1.36. The second-order valence-corrected chi connectivity index (χ2v) is 6.34. The van der Waals surface area contributed by atoms with E-state index >= 15 is 0 Å². The molecule has 1 aromatic carbocycles. The van der Waals surface area contributed by atoms with Crippen molar-refractivity contribution in [2.45, 2.75) is 33.2 Å². The molecule has 0 aliphatic carbocycles. The van der Waals surface area contributed by atoms with Crippen LogP contribution >= 0.6 is 11.3 Å². The summed E-state index contributed by atoms with van der Waals surface area (Å²) in [4.78, 5) is 1.41. The number of benzene rings is 1. The molecule has 3 rings (SSSR count). The first kappa shape index (κ1) is 13.7. The third kappa shape index (κ3) is 2.38. The summed E-state index contributed by atoms with van der Waals surface area (Å²) in [5.74, 6) is 1.76. The number of nitrogens with one attached hydrogen (secondary N) is 1. The molecule has 0 spiro atoms. The monoisotopic (exact) mass is 291 g/mol. The minimum absolute atomic E-state index is 0.395. The number of rotatable bonds is 4. The molecule has 4 heteroatoms. The molecular formula is C16H21NO2S. The Morgan fingerprint density at radius 2 is 1.95 bits per heavy atom. The van der Waals surface area contributed by atoms with E-state index in [0.717, 1.165) is 24.5 Å². The molecule has 0 amide bonds. The van der Waals surface area contributed by atoms with Crippen LogP contribution in [0.15, 0.2) is 12.1 Å². The fourth-order valence-electron chi connectivity index (χ4n) is 2.64. The lowest BCUT2D eigenvalue weighted by molar-refractivity contribution is 0.172. The highest BCUT2D eigenvalue weighted by Gasteiger charge is 2.18. The molecule has 0 radical (unpaired) electrons. The minimum atomic E-state index is 0.395. The standard InChI is InChI=1S/C16H21NO2S/c1-4-5-17-11(3)16-10(2)12-8-13-14(9-15(12)20-16)19-7-6-18-13/h8-9,11,17H,4-7H2,1-3H3. The van der Waals surface area contributed by atoms with Gasteiger partial charge in [0.1, 0.15) is 13.2 Å². The Morgan fingerprint density at radius 3 is 2.65 bits per heavy atom. The lowest BCUT2D eigenvalue weighted by atomic mass is 10.1. The third-order valence-corrected chi connectivity index (χ3v) is 5.17. The van der Waals surface area contributed by atoms with Crippen LogP contribution in [-0.2, 0) is 0 Å². The zero-order chi connectivity index (χ0) is 14.1. The smallest absolute Gasteiger partial charge is 0.162 e. The zero-order valence-electron chi connectivity index (χ0n) is 12.3. The highest BCUT2D eigenvalue weighted by molar-refractivity contribution is 7.19. The Morgan fingerprint density at radius 1 is 1.25 bits per heavy atom. The number of ether oxygens (including phenoxy) is 2. The number of hydrogen-bond donors (Lipinski definition) is 1. The molecule has 1 aromatic heterocycles. The maximum absolute atomic E-state index is 5.69. The lowest BCUT2D eigenvalue weighted by Crippen LogP contribution is -2.18. The SMILES string of the molecule is CCCNC(C)c1sc2cc3c(cc2c1C)OCCO3. The van der Waals surface area contributed by atoms with Crippen molar-refractivity contribution in [1.29, 1.82) is 0 Å². The number of fused-ring (bicyclic) bond motifs is 2. The summed E-state index contributed by atoms with van der Waals surface area (Å²) in [7, 11) is 0. The van der Waals surface area contributed by atoms with E-state index < -0.39 is 0 Å². The second kappa shape index (κ2) is 5.62. The Labute approximate surface area is 123 Å². The predicted octanol–water partition coefficient (Wildman–Crippen LogP) is 4.04. The van der Waals surface area contributed by atoms with Gasteiger partial charge >= 0.3 is 0 Å². The van der Waals surface area contributed by atoms with Gasteiger partial charge in [-0.15, -0.1) is 11.3 Å². The average Bonchev–Trinajstić information content (AvgIpc) is 2.79. The maximum Gasteiger partial charge on any atom is 0.162 e. The number of hydrogen-bond acceptors (Lipinski definition) is 4. The first-order chi connectivity index (χ1) is 9.70. The third-order valence-electron chi connectivity index (χ3n) is 3.73. The molecule has 0 saturated carbocycles. The van der Waals surface area contributed by atoms with E-state index in [1.165, 1.54) is 20.5 Å². The van der Waals surface area contributed by atoms with Crippen molar-refractivity contribution >= 4 is 21.4 Å². The molecule has 2 aromatic rings. The van der Waals surface area contributed by atoms with Crippen LogP contribution in [0.5, 0.6) is 11.5 Å². The van der Waals surface area contributed by atoms with Gasteiger partial charge in [-0.1, -0.05) is 6.92 Å². The van der Waals surface area contributed by atoms with Gasteiger partial charge in [-0.3, -0.25) is 0 Å². The van der Waals surface area contributed by atoms with Gasteiger partial charge in [-0.2, -0.15) is 0 Å². The van der Waals surface area contributed by atoms with Crippen LogP contribution in [0.1, 0.15) is 36.8 Å². The highest BCUT2D eigenvalue weighted by atomic mass is 32.1. The van der Waals surface area contributed by atoms with E-state index in [1.807, 2.05) is 11.3 Å². The van der Waals surface area contributed by atoms with Crippen molar-refractivity contribution in [2.24, 2.45) is 0 Å². The maximum atomic E-state index is 5.69. The highest BCUT2D eigenvalue weighted by Crippen LogP contribution is 2.41. The predicted molar refractivity (Wildman–Crippen MR) is 84.3 cm³/mol. The normalized spacial score (nSPS) is 15.6. The summed E-state index contributed by atoms with van der Waals surface area (Å²) < 4.78 is 12.6. The van der Waals surface area contributed by atoms with E-state index in [-0.39, 0.29) is 0 Å². The van der Waals surface area contributed by atoms with Gasteiger partial charge in [0.15, 0.2) is 11.5 Å². The first-order valence-electron chi connectivity index (χ1n) is 7.26. The Kier molecular flexibility index (Phi) is 3.85. The fourth-order valence-corrected chi connectivity index (χ4v) is 3.89. The topological polar surface area (TPSA) is 30.5 Å². The van der Waals surface area contributed by atoms with Gasteiger partial charge in [0, 0.05) is 21.7 Å². The van der Waals surface area contributed by atoms with E-state index in [2.05, 4.69) is 38.2 Å². The molecule has 0 fully saturated rings. The Bertz CT molecular complexity index is 620. The van der Waals surface area contributed by atoms with E-state index in [4.69, 9.17) is 9.47 Å². The molecule has 3 nitrogen and oxygen atoms in total. The molecule has 2 heterocycles. The van der Waals surface area contributed by atoms with Gasteiger partial charge in [-0.25, -0.2) is 0 Å². The Balaban J connectivity index is 2.01. The van der Waals surface area contributed by atoms with E-state index in [1.54, 1.807) is 0 Å². The van der Waals surface area contributed by atoms with Crippen molar-refractivity contribution in [3.63, 3.8) is 0 Å². The number of thiophene rings is 1. The summed E-state index contributed by atoms with van der Waals surface area (Å²) in [5, 5.41) is 4.86. The van der Waals surface area contributed by atoms with Crippen LogP contribution in [0.2, 0.25) is 0 Å². The molecule has 20 heavy (non-hydrogen) atoms. The van der Waals surface area contributed by atoms with Gasteiger partial charge in [-0.05, 0) is 43.8 Å².